The van der Waals surface area contributed by atoms with Crippen molar-refractivity contribution in [3.63, 3.8) is 0 Å². The zero-order chi connectivity index (χ0) is 24.0. The number of nitrogens with zero attached hydrogens (tertiary/aromatic N) is 4. The molecule has 0 saturated heterocycles. The first-order chi connectivity index (χ1) is 17.7. The van der Waals surface area contributed by atoms with E-state index in [1.54, 1.807) is 41.1 Å². The van der Waals surface area contributed by atoms with E-state index >= 15 is 0 Å². The van der Waals surface area contributed by atoms with Crippen LogP contribution >= 0.6 is 45.3 Å². The normalized spacial score (nSPS) is 13.9. The molecular formula is C26H14N4O2S4. The van der Waals surface area contributed by atoms with E-state index in [4.69, 9.17) is 24.7 Å². The van der Waals surface area contributed by atoms with E-state index in [2.05, 4.69) is 18.2 Å². The van der Waals surface area contributed by atoms with Crippen LogP contribution in [-0.4, -0.2) is 26.7 Å². The van der Waals surface area contributed by atoms with Crippen molar-refractivity contribution >= 4 is 82.6 Å². The number of carbonyl (C=O) groups is 1. The Morgan fingerprint density at radius 1 is 0.694 bits per heavy atom. The number of benzene rings is 2. The van der Waals surface area contributed by atoms with Crippen molar-refractivity contribution in [3.05, 3.63) is 62.7 Å². The van der Waals surface area contributed by atoms with Gasteiger partial charge in [-0.1, -0.05) is 11.3 Å². The SMILES string of the molecule is COc1ccc(-c2cc3c4c(c5c6sc(-c7ccc(C=O)s7)cc6c6c(c5c3s2)=NCN=6)=NCN=4)s1. The Labute approximate surface area is 218 Å². The summed E-state index contributed by atoms with van der Waals surface area (Å²) < 4.78 is 7.78. The van der Waals surface area contributed by atoms with Gasteiger partial charge in [-0.3, -0.25) is 24.8 Å². The van der Waals surface area contributed by atoms with Crippen molar-refractivity contribution in [3.8, 4) is 24.6 Å². The molecule has 0 unspecified atom stereocenters. The van der Waals surface area contributed by atoms with Crippen LogP contribution < -0.4 is 26.2 Å². The van der Waals surface area contributed by atoms with Crippen LogP contribution in [0.5, 0.6) is 5.06 Å². The van der Waals surface area contributed by atoms with Crippen LogP contribution in [-0.2, 0) is 0 Å². The number of hydrogen-bond acceptors (Lipinski definition) is 10. The monoisotopic (exact) mass is 542 g/mol. The molecule has 36 heavy (non-hydrogen) atoms. The molecule has 4 aromatic heterocycles. The van der Waals surface area contributed by atoms with Crippen LogP contribution in [0.25, 0.3) is 50.5 Å². The molecule has 10 heteroatoms. The molecule has 0 saturated carbocycles. The molecule has 0 radical (unpaired) electrons. The molecule has 0 amide bonds. The fraction of sp³-hybridized carbons (Fsp3) is 0.115. The highest BCUT2D eigenvalue weighted by molar-refractivity contribution is 7.28. The summed E-state index contributed by atoms with van der Waals surface area (Å²) in [6.45, 7) is 0.872. The van der Waals surface area contributed by atoms with E-state index in [1.165, 1.54) is 25.8 Å². The van der Waals surface area contributed by atoms with Crippen LogP contribution in [0, 0.1) is 0 Å². The highest BCUT2D eigenvalue weighted by Crippen LogP contribution is 2.42. The minimum atomic E-state index is 0.434. The largest absolute Gasteiger partial charge is 0.487 e. The lowest BCUT2D eigenvalue weighted by molar-refractivity contribution is 0.112. The maximum atomic E-state index is 11.3. The molecule has 0 N–H and O–H groups in total. The van der Waals surface area contributed by atoms with E-state index in [0.717, 1.165) is 73.7 Å². The van der Waals surface area contributed by atoms with Crippen molar-refractivity contribution in [2.75, 3.05) is 20.4 Å². The molecule has 0 bridgehead atoms. The molecule has 2 aliphatic rings. The topological polar surface area (TPSA) is 75.7 Å². The van der Waals surface area contributed by atoms with Crippen molar-refractivity contribution in [1.82, 2.24) is 0 Å². The Hall–Kier alpha value is -3.31. The minimum absolute atomic E-state index is 0.434. The van der Waals surface area contributed by atoms with Crippen molar-refractivity contribution in [2.45, 2.75) is 0 Å². The van der Waals surface area contributed by atoms with Gasteiger partial charge in [0.1, 0.15) is 13.3 Å². The maximum absolute atomic E-state index is 11.3. The molecule has 174 valence electrons. The number of methoxy groups -OCH3 is 1. The summed E-state index contributed by atoms with van der Waals surface area (Å²) in [6, 6.07) is 12.5. The average molecular weight is 543 g/mol. The van der Waals surface area contributed by atoms with E-state index in [-0.39, 0.29) is 0 Å². The average Bonchev–Trinajstić information content (AvgIpc) is 3.72. The molecule has 2 aliphatic heterocycles. The first-order valence-corrected chi connectivity index (χ1v) is 14.4. The van der Waals surface area contributed by atoms with Crippen LogP contribution in [0.15, 0.2) is 56.4 Å². The highest BCUT2D eigenvalue weighted by Gasteiger charge is 2.23. The van der Waals surface area contributed by atoms with E-state index in [9.17, 15) is 4.79 Å². The third-order valence-corrected chi connectivity index (χ3v) is 11.3. The van der Waals surface area contributed by atoms with Crippen LogP contribution in [0.3, 0.4) is 0 Å². The standard InChI is InChI=1S/C26H14N4O2S4/c1-32-18-5-4-15(34-18)17-7-13-22-23(29-10-28-22)19-20(26(13)36-17)24-21(27-9-30-24)12-6-16(35-25(12)19)14-3-2-11(8-31)33-14/h2-8H,9-10H2,1H3. The predicted octanol–water partition coefficient (Wildman–Crippen LogP) is 4.97. The second-order valence-corrected chi connectivity index (χ2v) is 12.7. The number of rotatable bonds is 4. The minimum Gasteiger partial charge on any atom is -0.487 e. The van der Waals surface area contributed by atoms with Gasteiger partial charge in [-0.25, -0.2) is 0 Å². The summed E-state index contributed by atoms with van der Waals surface area (Å²) in [5, 5.41) is 9.19. The molecule has 6 nitrogen and oxygen atoms in total. The lowest BCUT2D eigenvalue weighted by Gasteiger charge is -2.03. The van der Waals surface area contributed by atoms with E-state index < -0.39 is 0 Å². The number of ether oxygens (including phenoxy) is 1. The zero-order valence-corrected chi connectivity index (χ0v) is 22.0. The van der Waals surface area contributed by atoms with Crippen molar-refractivity contribution in [2.24, 2.45) is 20.0 Å². The second kappa shape index (κ2) is 7.59. The summed E-state index contributed by atoms with van der Waals surface area (Å²) >= 11 is 6.66. The molecule has 6 heterocycles. The molecular weight excluding hydrogens is 529 g/mol. The lowest BCUT2D eigenvalue weighted by Crippen LogP contribution is -2.30. The Kier molecular flexibility index (Phi) is 4.40. The fourth-order valence-corrected chi connectivity index (χ4v) is 9.24. The number of aldehydes is 1. The summed E-state index contributed by atoms with van der Waals surface area (Å²) in [6.07, 6.45) is 0.907. The van der Waals surface area contributed by atoms with Gasteiger partial charge in [0.05, 0.1) is 33.4 Å². The Morgan fingerprint density at radius 3 is 1.78 bits per heavy atom. The van der Waals surface area contributed by atoms with Gasteiger partial charge in [-0.2, -0.15) is 0 Å². The molecule has 0 fully saturated rings. The number of thiophene rings is 4. The summed E-state index contributed by atoms with van der Waals surface area (Å²) in [4.78, 5) is 35.9. The van der Waals surface area contributed by atoms with Crippen LogP contribution in [0.2, 0.25) is 0 Å². The van der Waals surface area contributed by atoms with Gasteiger partial charge in [0, 0.05) is 50.5 Å². The van der Waals surface area contributed by atoms with E-state index in [1.807, 2.05) is 18.2 Å². The summed E-state index contributed by atoms with van der Waals surface area (Å²) in [7, 11) is 1.70. The Morgan fingerprint density at radius 2 is 1.25 bits per heavy atom. The van der Waals surface area contributed by atoms with E-state index in [0.29, 0.717) is 13.3 Å². The Balaban J connectivity index is 1.54. The lowest BCUT2D eigenvalue weighted by atomic mass is 10.0. The quantitative estimate of drug-likeness (QED) is 0.295. The summed E-state index contributed by atoms with van der Waals surface area (Å²) in [5.74, 6) is 0. The van der Waals surface area contributed by atoms with Crippen molar-refractivity contribution in [1.29, 1.82) is 0 Å². The van der Waals surface area contributed by atoms with Gasteiger partial charge in [-0.05, 0) is 36.4 Å². The molecule has 6 aromatic rings. The molecule has 0 spiro atoms. The predicted molar refractivity (Wildman–Crippen MR) is 148 cm³/mol. The van der Waals surface area contributed by atoms with Gasteiger partial charge < -0.3 is 4.74 Å². The van der Waals surface area contributed by atoms with Crippen molar-refractivity contribution < 1.29 is 9.53 Å². The first kappa shape index (κ1) is 20.8. The number of hydrogen-bond donors (Lipinski definition) is 0. The van der Waals surface area contributed by atoms with Gasteiger partial charge in [0.15, 0.2) is 11.3 Å². The molecule has 8 rings (SSSR count). The smallest absolute Gasteiger partial charge is 0.173 e. The molecule has 2 aromatic carbocycles. The molecule has 0 aliphatic carbocycles. The maximum Gasteiger partial charge on any atom is 0.173 e. The number of carbonyl (C=O) groups excluding carboxylic acids is 1. The van der Waals surface area contributed by atoms with Crippen LogP contribution in [0.4, 0.5) is 0 Å². The van der Waals surface area contributed by atoms with Crippen LogP contribution in [0.1, 0.15) is 9.67 Å². The highest BCUT2D eigenvalue weighted by atomic mass is 32.1. The van der Waals surface area contributed by atoms with Gasteiger partial charge in [0.25, 0.3) is 0 Å². The third-order valence-electron chi connectivity index (χ3n) is 6.53. The zero-order valence-electron chi connectivity index (χ0n) is 18.7. The second-order valence-electron chi connectivity index (χ2n) is 8.41. The fourth-order valence-electron chi connectivity index (χ4n) is 5.01. The third kappa shape index (κ3) is 2.78. The van der Waals surface area contributed by atoms with Gasteiger partial charge >= 0.3 is 0 Å². The summed E-state index contributed by atoms with van der Waals surface area (Å²) in [5.41, 5.74) is 0. The first-order valence-electron chi connectivity index (χ1n) is 11.2. The van der Waals surface area contributed by atoms with Gasteiger partial charge in [0.2, 0.25) is 0 Å². The molecule has 0 atom stereocenters. The number of fused-ring (bicyclic) bond motifs is 11. The Bertz CT molecular complexity index is 2180. The van der Waals surface area contributed by atoms with Gasteiger partial charge in [-0.15, -0.1) is 34.0 Å².